The van der Waals surface area contributed by atoms with Gasteiger partial charge in [0.25, 0.3) is 0 Å². The molecule has 0 aliphatic heterocycles. The maximum Gasteiger partial charge on any atom is 0.245 e. The molecule has 0 bridgehead atoms. The van der Waals surface area contributed by atoms with E-state index in [0.717, 1.165) is 16.5 Å². The summed E-state index contributed by atoms with van der Waals surface area (Å²) >= 11 is 0. The smallest absolute Gasteiger partial charge is 0.245 e. The van der Waals surface area contributed by atoms with Gasteiger partial charge in [-0.2, -0.15) is 0 Å². The van der Waals surface area contributed by atoms with Crippen molar-refractivity contribution in [3.63, 3.8) is 0 Å². The minimum absolute atomic E-state index is 0.122. The molecule has 0 spiro atoms. The van der Waals surface area contributed by atoms with Gasteiger partial charge in [0.05, 0.1) is 0 Å². The monoisotopic (exact) mass is 347 g/mol. The van der Waals surface area contributed by atoms with Crippen LogP contribution in [0.25, 0.3) is 10.9 Å². The maximum absolute atomic E-state index is 12.6. The lowest BCUT2D eigenvalue weighted by Crippen LogP contribution is -2.36. The highest BCUT2D eigenvalue weighted by atomic mass is 32.2. The fourth-order valence-corrected chi connectivity index (χ4v) is 4.47. The molecule has 0 amide bonds. The number of para-hydroxylation sites is 1. The highest BCUT2D eigenvalue weighted by Gasteiger charge is 2.29. The number of nitrogens with one attached hydrogen (secondary N) is 2. The molecule has 2 heterocycles. The predicted molar refractivity (Wildman–Crippen MR) is 92.5 cm³/mol. The summed E-state index contributed by atoms with van der Waals surface area (Å²) in [6.07, 6.45) is 1.94. The Morgan fingerprint density at radius 1 is 1.25 bits per heavy atom. The van der Waals surface area contributed by atoms with Gasteiger partial charge in [0.2, 0.25) is 10.0 Å². The Morgan fingerprint density at radius 2 is 1.96 bits per heavy atom. The molecule has 3 rings (SSSR count). The largest absolute Gasteiger partial charge is 0.361 e. The zero-order chi connectivity index (χ0) is 17.5. The summed E-state index contributed by atoms with van der Waals surface area (Å²) in [7, 11) is -3.67. The van der Waals surface area contributed by atoms with Crippen molar-refractivity contribution in [2.75, 3.05) is 6.54 Å². The fourth-order valence-electron chi connectivity index (χ4n) is 2.93. The van der Waals surface area contributed by atoms with Gasteiger partial charge in [-0.15, -0.1) is 0 Å². The van der Waals surface area contributed by atoms with Gasteiger partial charge in [-0.1, -0.05) is 37.2 Å². The molecule has 0 aliphatic carbocycles. The van der Waals surface area contributed by atoms with Crippen LogP contribution in [0.15, 0.2) is 39.9 Å². The summed E-state index contributed by atoms with van der Waals surface area (Å²) in [5.74, 6) is 0.296. The number of hydrogen-bond donors (Lipinski definition) is 2. The summed E-state index contributed by atoms with van der Waals surface area (Å²) in [6.45, 7) is 7.51. The minimum atomic E-state index is -3.67. The molecular weight excluding hydrogens is 326 g/mol. The quantitative estimate of drug-likeness (QED) is 0.742. The zero-order valence-electron chi connectivity index (χ0n) is 14.2. The molecule has 3 aromatic rings. The van der Waals surface area contributed by atoms with E-state index in [1.165, 1.54) is 0 Å². The van der Waals surface area contributed by atoms with Crippen LogP contribution in [0.3, 0.4) is 0 Å². The average Bonchev–Trinajstić information content (AvgIpc) is 3.10. The third-order valence-corrected chi connectivity index (χ3v) is 5.90. The second kappa shape index (κ2) is 5.75. The van der Waals surface area contributed by atoms with Crippen LogP contribution in [0, 0.1) is 13.8 Å². The first-order valence-electron chi connectivity index (χ1n) is 7.71. The lowest BCUT2D eigenvalue weighted by molar-refractivity contribution is 0.390. The SMILES string of the molecule is Cc1noc(C)c1S(=O)(=O)NCC(C)(C)c1c[nH]c2ccccc12. The number of sulfonamides is 1. The standard InChI is InChI=1S/C17H21N3O3S/c1-11-16(12(2)23-20-11)24(21,22)19-10-17(3,4)14-9-18-15-8-6-5-7-13(14)15/h5-9,18-19H,10H2,1-4H3. The van der Waals surface area contributed by atoms with Gasteiger partial charge in [-0.05, 0) is 25.5 Å². The number of benzene rings is 1. The molecule has 6 nitrogen and oxygen atoms in total. The number of rotatable bonds is 5. The van der Waals surface area contributed by atoms with E-state index in [2.05, 4.69) is 14.9 Å². The molecule has 0 saturated carbocycles. The van der Waals surface area contributed by atoms with Gasteiger partial charge in [-0.25, -0.2) is 13.1 Å². The minimum Gasteiger partial charge on any atom is -0.361 e. The molecule has 1 aromatic carbocycles. The molecule has 0 atom stereocenters. The molecule has 0 fully saturated rings. The normalized spacial score (nSPS) is 12.8. The third kappa shape index (κ3) is 2.85. The van der Waals surface area contributed by atoms with E-state index in [0.29, 0.717) is 11.5 Å². The molecule has 24 heavy (non-hydrogen) atoms. The van der Waals surface area contributed by atoms with Crippen molar-refractivity contribution < 1.29 is 12.9 Å². The van der Waals surface area contributed by atoms with Crippen LogP contribution in [0.5, 0.6) is 0 Å². The van der Waals surface area contributed by atoms with E-state index in [9.17, 15) is 8.42 Å². The van der Waals surface area contributed by atoms with Crippen LogP contribution in [0.4, 0.5) is 0 Å². The van der Waals surface area contributed by atoms with Crippen molar-refractivity contribution >= 4 is 20.9 Å². The molecule has 7 heteroatoms. The number of fused-ring (bicyclic) bond motifs is 1. The van der Waals surface area contributed by atoms with Gasteiger partial charge in [0, 0.05) is 29.1 Å². The Balaban J connectivity index is 1.88. The number of H-pyrrole nitrogens is 1. The maximum atomic E-state index is 12.6. The molecule has 2 N–H and O–H groups in total. The van der Waals surface area contributed by atoms with E-state index in [1.54, 1.807) is 13.8 Å². The van der Waals surface area contributed by atoms with Crippen molar-refractivity contribution in [2.45, 2.75) is 38.0 Å². The van der Waals surface area contributed by atoms with Crippen LogP contribution in [0.2, 0.25) is 0 Å². The zero-order valence-corrected chi connectivity index (χ0v) is 15.0. The van der Waals surface area contributed by atoms with Crippen LogP contribution < -0.4 is 4.72 Å². The summed E-state index contributed by atoms with van der Waals surface area (Å²) in [5, 5.41) is 4.81. The van der Waals surface area contributed by atoms with Crippen molar-refractivity contribution in [3.05, 3.63) is 47.5 Å². The topological polar surface area (TPSA) is 88.0 Å². The summed E-state index contributed by atoms with van der Waals surface area (Å²) in [6, 6.07) is 7.98. The Kier molecular flexibility index (Phi) is 4.01. The molecule has 0 saturated heterocycles. The second-order valence-corrected chi connectivity index (χ2v) is 8.31. The number of nitrogens with zero attached hydrogens (tertiary/aromatic N) is 1. The number of aromatic nitrogens is 2. The van der Waals surface area contributed by atoms with Gasteiger partial charge >= 0.3 is 0 Å². The summed E-state index contributed by atoms with van der Waals surface area (Å²) in [4.78, 5) is 3.36. The van der Waals surface area contributed by atoms with Gasteiger partial charge in [0.1, 0.15) is 10.6 Å². The highest BCUT2D eigenvalue weighted by molar-refractivity contribution is 7.89. The van der Waals surface area contributed by atoms with E-state index in [4.69, 9.17) is 4.52 Å². The Bertz CT molecular complexity index is 964. The molecule has 0 aliphatic rings. The van der Waals surface area contributed by atoms with Gasteiger partial charge in [0.15, 0.2) is 5.76 Å². The molecular formula is C17H21N3O3S. The lowest BCUT2D eigenvalue weighted by atomic mass is 9.85. The lowest BCUT2D eigenvalue weighted by Gasteiger charge is -2.24. The average molecular weight is 347 g/mol. The van der Waals surface area contributed by atoms with E-state index >= 15 is 0 Å². The van der Waals surface area contributed by atoms with Crippen LogP contribution in [0.1, 0.15) is 30.9 Å². The van der Waals surface area contributed by atoms with E-state index in [-0.39, 0.29) is 16.9 Å². The Hall–Kier alpha value is -2.12. The molecule has 0 radical (unpaired) electrons. The van der Waals surface area contributed by atoms with Crippen molar-refractivity contribution in [1.82, 2.24) is 14.9 Å². The second-order valence-electron chi connectivity index (χ2n) is 6.61. The first-order chi connectivity index (χ1) is 11.2. The predicted octanol–water partition coefficient (Wildman–Crippen LogP) is 3.03. The first kappa shape index (κ1) is 16.7. The molecule has 2 aromatic heterocycles. The highest BCUT2D eigenvalue weighted by Crippen LogP contribution is 2.30. The molecule has 0 unspecified atom stereocenters. The molecule has 128 valence electrons. The van der Waals surface area contributed by atoms with Crippen LogP contribution in [-0.2, 0) is 15.4 Å². The number of hydrogen-bond acceptors (Lipinski definition) is 4. The Morgan fingerprint density at radius 3 is 2.62 bits per heavy atom. The summed E-state index contributed by atoms with van der Waals surface area (Å²) in [5.41, 5.74) is 2.09. The van der Waals surface area contributed by atoms with Crippen molar-refractivity contribution in [2.24, 2.45) is 0 Å². The van der Waals surface area contributed by atoms with Crippen molar-refractivity contribution in [3.8, 4) is 0 Å². The fraction of sp³-hybridized carbons (Fsp3) is 0.353. The number of aromatic amines is 1. The summed E-state index contributed by atoms with van der Waals surface area (Å²) < 4.78 is 32.9. The first-order valence-corrected chi connectivity index (χ1v) is 9.20. The number of aryl methyl sites for hydroxylation is 2. The van der Waals surface area contributed by atoms with E-state index in [1.807, 2.05) is 44.3 Å². The van der Waals surface area contributed by atoms with Crippen LogP contribution in [-0.4, -0.2) is 25.1 Å². The van der Waals surface area contributed by atoms with E-state index < -0.39 is 10.0 Å². The Labute approximate surface area is 141 Å². The van der Waals surface area contributed by atoms with Crippen LogP contribution >= 0.6 is 0 Å². The van der Waals surface area contributed by atoms with Gasteiger partial charge in [-0.3, -0.25) is 0 Å². The van der Waals surface area contributed by atoms with Crippen molar-refractivity contribution in [1.29, 1.82) is 0 Å². The third-order valence-electron chi connectivity index (χ3n) is 4.26. The van der Waals surface area contributed by atoms with Gasteiger partial charge < -0.3 is 9.51 Å².